The predicted molar refractivity (Wildman–Crippen MR) is 138 cm³/mol. The molecule has 1 aromatic heterocycles. The van der Waals surface area contributed by atoms with E-state index < -0.39 is 22.5 Å². The van der Waals surface area contributed by atoms with Crippen LogP contribution in [0.5, 0.6) is 5.75 Å². The van der Waals surface area contributed by atoms with Crippen LogP contribution in [0, 0.1) is 6.92 Å². The molecule has 0 aliphatic heterocycles. The van der Waals surface area contributed by atoms with Crippen molar-refractivity contribution >= 4 is 49.7 Å². The molecule has 180 valence electrons. The average molecular weight is 529 g/mol. The lowest BCUT2D eigenvalue weighted by molar-refractivity contribution is -0.114. The largest absolute Gasteiger partial charge is 0.495 e. The van der Waals surface area contributed by atoms with Crippen LogP contribution in [0.2, 0.25) is 5.02 Å². The van der Waals surface area contributed by atoms with Gasteiger partial charge in [-0.25, -0.2) is 8.42 Å². The second-order valence-corrected chi connectivity index (χ2v) is 10.7. The maximum atomic E-state index is 13.6. The number of nitrogens with one attached hydrogen (secondary N) is 1. The fraction of sp³-hybridized carbons (Fsp3) is 0.125. The zero-order valence-corrected chi connectivity index (χ0v) is 21.2. The van der Waals surface area contributed by atoms with Crippen molar-refractivity contribution in [2.24, 2.45) is 0 Å². The molecule has 0 bridgehead atoms. The van der Waals surface area contributed by atoms with Gasteiger partial charge in [-0.05, 0) is 43.3 Å². The molecule has 8 nitrogen and oxygen atoms in total. The Balaban J connectivity index is 1.62. The van der Waals surface area contributed by atoms with Crippen molar-refractivity contribution in [2.75, 3.05) is 23.3 Å². The second-order valence-electron chi connectivity index (χ2n) is 7.46. The van der Waals surface area contributed by atoms with Crippen LogP contribution in [-0.4, -0.2) is 38.2 Å². The summed E-state index contributed by atoms with van der Waals surface area (Å²) in [5, 5.41) is 12.2. The number of rotatable bonds is 8. The lowest BCUT2D eigenvalue weighted by atomic mass is 10.2. The topological polar surface area (TPSA) is 101 Å². The van der Waals surface area contributed by atoms with Gasteiger partial charge in [0.05, 0.1) is 17.7 Å². The predicted octanol–water partition coefficient (Wildman–Crippen LogP) is 5.01. The molecule has 0 aliphatic rings. The van der Waals surface area contributed by atoms with Crippen LogP contribution in [0.3, 0.4) is 0 Å². The summed E-state index contributed by atoms with van der Waals surface area (Å²) in [4.78, 5) is 13.0. The third kappa shape index (κ3) is 5.61. The summed E-state index contributed by atoms with van der Waals surface area (Å²) in [6, 6.07) is 20.1. The third-order valence-corrected chi connectivity index (χ3v) is 7.93. The Kier molecular flexibility index (Phi) is 7.34. The number of hydrogen-bond donors (Lipinski definition) is 1. The highest BCUT2D eigenvalue weighted by molar-refractivity contribution is 7.92. The number of nitrogens with zero attached hydrogens (tertiary/aromatic N) is 3. The molecule has 4 aromatic rings. The van der Waals surface area contributed by atoms with Gasteiger partial charge < -0.3 is 4.74 Å². The minimum Gasteiger partial charge on any atom is -0.495 e. The average Bonchev–Trinajstić information content (AvgIpc) is 3.31. The van der Waals surface area contributed by atoms with E-state index in [1.807, 2.05) is 6.92 Å². The number of para-hydroxylation sites is 2. The standard InChI is InChI=1S/C24H21ClN4O4S2/c1-16-7-13-19(14-8-16)35(31,32)29(20-5-3-4-6-21(20)33-2)15-22(30)26-24-28-27-23(34-24)17-9-11-18(25)12-10-17/h3-14H,15H2,1-2H3,(H,26,28,30). The molecule has 0 aliphatic carbocycles. The molecule has 0 radical (unpaired) electrons. The van der Waals surface area contributed by atoms with Crippen molar-refractivity contribution in [3.8, 4) is 16.3 Å². The molecule has 35 heavy (non-hydrogen) atoms. The number of ether oxygens (including phenoxy) is 1. The third-order valence-electron chi connectivity index (χ3n) is 5.01. The Morgan fingerprint density at radius 2 is 1.71 bits per heavy atom. The molecule has 11 heteroatoms. The summed E-state index contributed by atoms with van der Waals surface area (Å²) in [6.07, 6.45) is 0. The first kappa shape index (κ1) is 24.6. The van der Waals surface area contributed by atoms with E-state index in [2.05, 4.69) is 15.5 Å². The van der Waals surface area contributed by atoms with E-state index in [0.29, 0.717) is 15.8 Å². The summed E-state index contributed by atoms with van der Waals surface area (Å²) in [5.41, 5.74) is 1.95. The van der Waals surface area contributed by atoms with Crippen LogP contribution in [-0.2, 0) is 14.8 Å². The molecule has 0 unspecified atom stereocenters. The molecule has 0 saturated carbocycles. The van der Waals surface area contributed by atoms with Crippen molar-refractivity contribution in [3.05, 3.63) is 83.4 Å². The van der Waals surface area contributed by atoms with E-state index in [-0.39, 0.29) is 15.7 Å². The maximum Gasteiger partial charge on any atom is 0.264 e. The number of methoxy groups -OCH3 is 1. The summed E-state index contributed by atoms with van der Waals surface area (Å²) in [5.74, 6) is -0.262. The zero-order chi connectivity index (χ0) is 25.0. The number of sulfonamides is 1. The first-order valence-corrected chi connectivity index (χ1v) is 13.0. The number of anilines is 2. The van der Waals surface area contributed by atoms with Gasteiger partial charge in [0.2, 0.25) is 11.0 Å². The Labute approximate surface area is 212 Å². The van der Waals surface area contributed by atoms with E-state index in [1.54, 1.807) is 60.7 Å². The molecular weight excluding hydrogens is 508 g/mol. The summed E-state index contributed by atoms with van der Waals surface area (Å²) in [6.45, 7) is 1.37. The van der Waals surface area contributed by atoms with Gasteiger partial charge in [0.1, 0.15) is 17.3 Å². The lowest BCUT2D eigenvalue weighted by Gasteiger charge is -2.25. The van der Waals surface area contributed by atoms with Gasteiger partial charge >= 0.3 is 0 Å². The Hall–Kier alpha value is -3.47. The Bertz CT molecular complexity index is 1440. The molecule has 0 fully saturated rings. The molecule has 1 N–H and O–H groups in total. The number of hydrogen-bond acceptors (Lipinski definition) is 7. The number of aromatic nitrogens is 2. The van der Waals surface area contributed by atoms with E-state index in [4.69, 9.17) is 16.3 Å². The van der Waals surface area contributed by atoms with Crippen LogP contribution in [0.15, 0.2) is 77.7 Å². The Morgan fingerprint density at radius 3 is 2.40 bits per heavy atom. The molecule has 0 spiro atoms. The van der Waals surface area contributed by atoms with Crippen molar-refractivity contribution in [1.82, 2.24) is 10.2 Å². The number of benzene rings is 3. The normalized spacial score (nSPS) is 11.2. The van der Waals surface area contributed by atoms with Crippen LogP contribution < -0.4 is 14.4 Å². The first-order chi connectivity index (χ1) is 16.8. The minimum absolute atomic E-state index is 0.0581. The van der Waals surface area contributed by atoms with E-state index in [1.165, 1.54) is 30.6 Å². The molecule has 1 heterocycles. The minimum atomic E-state index is -4.09. The number of amides is 1. The summed E-state index contributed by atoms with van der Waals surface area (Å²) < 4.78 is 33.5. The van der Waals surface area contributed by atoms with E-state index in [9.17, 15) is 13.2 Å². The summed E-state index contributed by atoms with van der Waals surface area (Å²) >= 11 is 7.10. The van der Waals surface area contributed by atoms with Gasteiger partial charge in [-0.15, -0.1) is 10.2 Å². The number of halogens is 1. The quantitative estimate of drug-likeness (QED) is 0.345. The van der Waals surface area contributed by atoms with Gasteiger partial charge in [-0.1, -0.05) is 64.9 Å². The first-order valence-electron chi connectivity index (χ1n) is 10.4. The maximum absolute atomic E-state index is 13.6. The number of carbonyl (C=O) groups is 1. The lowest BCUT2D eigenvalue weighted by Crippen LogP contribution is -2.38. The molecule has 3 aromatic carbocycles. The highest BCUT2D eigenvalue weighted by Crippen LogP contribution is 2.33. The van der Waals surface area contributed by atoms with Gasteiger partial charge in [0.15, 0.2) is 0 Å². The van der Waals surface area contributed by atoms with Gasteiger partial charge in [0.25, 0.3) is 10.0 Å². The molecule has 0 saturated heterocycles. The van der Waals surface area contributed by atoms with Crippen LogP contribution in [0.1, 0.15) is 5.56 Å². The van der Waals surface area contributed by atoms with Gasteiger partial charge in [0, 0.05) is 10.6 Å². The van der Waals surface area contributed by atoms with Crippen molar-refractivity contribution < 1.29 is 17.9 Å². The molecule has 1 amide bonds. The number of aryl methyl sites for hydroxylation is 1. The highest BCUT2D eigenvalue weighted by Gasteiger charge is 2.29. The van der Waals surface area contributed by atoms with Crippen LogP contribution in [0.4, 0.5) is 10.8 Å². The number of carbonyl (C=O) groups excluding carboxylic acids is 1. The molecule has 0 atom stereocenters. The highest BCUT2D eigenvalue weighted by atomic mass is 35.5. The van der Waals surface area contributed by atoms with Gasteiger partial charge in [-0.3, -0.25) is 14.4 Å². The van der Waals surface area contributed by atoms with Crippen LogP contribution >= 0.6 is 22.9 Å². The van der Waals surface area contributed by atoms with E-state index in [0.717, 1.165) is 15.4 Å². The smallest absolute Gasteiger partial charge is 0.264 e. The molecule has 4 rings (SSSR count). The van der Waals surface area contributed by atoms with Crippen molar-refractivity contribution in [3.63, 3.8) is 0 Å². The SMILES string of the molecule is COc1ccccc1N(CC(=O)Nc1nnc(-c2ccc(Cl)cc2)s1)S(=O)(=O)c1ccc(C)cc1. The molecular formula is C24H21ClN4O4S2. The van der Waals surface area contributed by atoms with Crippen molar-refractivity contribution in [1.29, 1.82) is 0 Å². The van der Waals surface area contributed by atoms with Crippen LogP contribution in [0.25, 0.3) is 10.6 Å². The van der Waals surface area contributed by atoms with Gasteiger partial charge in [-0.2, -0.15) is 0 Å². The zero-order valence-electron chi connectivity index (χ0n) is 18.8. The van der Waals surface area contributed by atoms with Crippen molar-refractivity contribution in [2.45, 2.75) is 11.8 Å². The second kappa shape index (κ2) is 10.4. The fourth-order valence-corrected chi connectivity index (χ4v) is 5.57. The fourth-order valence-electron chi connectivity index (χ4n) is 3.25. The monoisotopic (exact) mass is 528 g/mol. The Morgan fingerprint density at radius 1 is 1.03 bits per heavy atom. The van der Waals surface area contributed by atoms with E-state index >= 15 is 0 Å². The summed E-state index contributed by atoms with van der Waals surface area (Å²) in [7, 11) is -2.65.